The summed E-state index contributed by atoms with van der Waals surface area (Å²) in [6.07, 6.45) is 1.90. The van der Waals surface area contributed by atoms with Crippen LogP contribution in [0.15, 0.2) is 18.2 Å². The van der Waals surface area contributed by atoms with Gasteiger partial charge < -0.3 is 20.5 Å². The number of aromatic nitrogens is 5. The summed E-state index contributed by atoms with van der Waals surface area (Å²) in [6.45, 7) is 4.16. The smallest absolute Gasteiger partial charge is 0.153 e. The van der Waals surface area contributed by atoms with Crippen LogP contribution in [0.3, 0.4) is 0 Å². The van der Waals surface area contributed by atoms with E-state index in [1.165, 1.54) is 0 Å². The van der Waals surface area contributed by atoms with Crippen molar-refractivity contribution in [3.05, 3.63) is 29.6 Å². The van der Waals surface area contributed by atoms with Crippen molar-refractivity contribution >= 4 is 39.4 Å². The van der Waals surface area contributed by atoms with Gasteiger partial charge >= 0.3 is 0 Å². The summed E-state index contributed by atoms with van der Waals surface area (Å²) in [5, 5.41) is 20.8. The highest BCUT2D eigenvalue weighted by Gasteiger charge is 2.48. The molecule has 2 saturated heterocycles. The first-order chi connectivity index (χ1) is 14.5. The van der Waals surface area contributed by atoms with Crippen molar-refractivity contribution in [3.8, 4) is 11.3 Å². The number of hydrogen-bond donors (Lipinski definition) is 3. The number of nitrogens with zero attached hydrogens (tertiary/aromatic N) is 5. The molecule has 0 saturated carbocycles. The number of H-pyrrole nitrogens is 1. The highest BCUT2D eigenvalue weighted by Crippen LogP contribution is 2.43. The Labute approximate surface area is 187 Å². The van der Waals surface area contributed by atoms with Crippen molar-refractivity contribution in [2.24, 2.45) is 11.1 Å². The van der Waals surface area contributed by atoms with Crippen LogP contribution in [0.4, 0.5) is 5.82 Å². The van der Waals surface area contributed by atoms with E-state index in [2.05, 4.69) is 42.9 Å². The largest absolute Gasteiger partial charge is 0.390 e. The standard InChI is InChI=1S/C20H24IN7O2/c1-11-16(12-2-3-13-14(8-12)26-27-25-13)24-15(9-29)19(23-11)28-6-4-20(5-7-28)10-30-18(21)17(20)22/h2-3,8,17-18,29H,4-7,9-10,22H2,1H3,(H,25,26,27)/t17-,18-/m1/s1. The van der Waals surface area contributed by atoms with Crippen LogP contribution in [0.2, 0.25) is 0 Å². The van der Waals surface area contributed by atoms with E-state index < -0.39 is 0 Å². The van der Waals surface area contributed by atoms with Gasteiger partial charge in [-0.15, -0.1) is 5.10 Å². The first kappa shape index (κ1) is 20.0. The Hall–Kier alpha value is -1.89. The average molecular weight is 521 g/mol. The minimum Gasteiger partial charge on any atom is -0.390 e. The molecule has 0 radical (unpaired) electrons. The number of aliphatic hydroxyl groups excluding tert-OH is 1. The van der Waals surface area contributed by atoms with Crippen molar-refractivity contribution < 1.29 is 9.84 Å². The fraction of sp³-hybridized carbons (Fsp3) is 0.500. The van der Waals surface area contributed by atoms with Crippen molar-refractivity contribution in [1.82, 2.24) is 25.4 Å². The number of aryl methyl sites for hydroxylation is 1. The van der Waals surface area contributed by atoms with E-state index >= 15 is 0 Å². The number of aromatic amines is 1. The molecule has 5 rings (SSSR count). The van der Waals surface area contributed by atoms with Gasteiger partial charge in [0, 0.05) is 30.1 Å². The third kappa shape index (κ3) is 3.26. The summed E-state index contributed by atoms with van der Waals surface area (Å²) >= 11 is 2.29. The Morgan fingerprint density at radius 3 is 2.83 bits per heavy atom. The zero-order valence-corrected chi connectivity index (χ0v) is 18.8. The van der Waals surface area contributed by atoms with Crippen LogP contribution < -0.4 is 10.6 Å². The zero-order chi connectivity index (χ0) is 20.9. The molecule has 0 aliphatic carbocycles. The monoisotopic (exact) mass is 521 g/mol. The number of hydrogen-bond acceptors (Lipinski definition) is 8. The topological polar surface area (TPSA) is 126 Å². The number of fused-ring (bicyclic) bond motifs is 1. The zero-order valence-electron chi connectivity index (χ0n) is 16.7. The maximum absolute atomic E-state index is 10.0. The van der Waals surface area contributed by atoms with Crippen LogP contribution in [0.25, 0.3) is 22.3 Å². The van der Waals surface area contributed by atoms with Crippen LogP contribution in [-0.4, -0.2) is 60.3 Å². The molecule has 3 aromatic rings. The number of aliphatic hydroxyl groups is 1. The van der Waals surface area contributed by atoms with Crippen molar-refractivity contribution in [2.45, 2.75) is 36.5 Å². The molecular weight excluding hydrogens is 497 g/mol. The lowest BCUT2D eigenvalue weighted by molar-refractivity contribution is 0.127. The van der Waals surface area contributed by atoms with Gasteiger partial charge in [0.2, 0.25) is 0 Å². The van der Waals surface area contributed by atoms with E-state index in [0.29, 0.717) is 5.69 Å². The molecule has 2 aliphatic rings. The first-order valence-corrected chi connectivity index (χ1v) is 11.3. The minimum absolute atomic E-state index is 0.0394. The summed E-state index contributed by atoms with van der Waals surface area (Å²) < 4.78 is 5.89. The van der Waals surface area contributed by atoms with E-state index in [1.54, 1.807) is 0 Å². The van der Waals surface area contributed by atoms with Crippen molar-refractivity contribution in [3.63, 3.8) is 0 Å². The molecule has 1 aromatic carbocycles. The van der Waals surface area contributed by atoms with Gasteiger partial charge in [0.1, 0.15) is 15.3 Å². The fourth-order valence-electron chi connectivity index (χ4n) is 4.53. The molecule has 9 nitrogen and oxygen atoms in total. The van der Waals surface area contributed by atoms with Crippen LogP contribution in [0.1, 0.15) is 24.2 Å². The number of alkyl halides is 1. The van der Waals surface area contributed by atoms with E-state index in [0.717, 1.165) is 66.3 Å². The Kier molecular flexibility index (Phi) is 5.12. The van der Waals surface area contributed by atoms with Gasteiger partial charge in [-0.2, -0.15) is 0 Å². The number of halogens is 1. The number of piperidine rings is 1. The molecule has 4 N–H and O–H groups in total. The van der Waals surface area contributed by atoms with E-state index in [4.69, 9.17) is 20.4 Å². The van der Waals surface area contributed by atoms with Gasteiger partial charge in [0.25, 0.3) is 0 Å². The highest BCUT2D eigenvalue weighted by atomic mass is 127. The average Bonchev–Trinajstić information content (AvgIpc) is 3.34. The molecule has 2 aliphatic heterocycles. The van der Waals surface area contributed by atoms with Crippen LogP contribution in [0.5, 0.6) is 0 Å². The number of anilines is 1. The van der Waals surface area contributed by atoms with Gasteiger partial charge in [0.05, 0.1) is 30.1 Å². The van der Waals surface area contributed by atoms with Gasteiger partial charge in [-0.1, -0.05) is 11.3 Å². The molecule has 0 bridgehead atoms. The number of nitrogens with two attached hydrogens (primary N) is 1. The predicted molar refractivity (Wildman–Crippen MR) is 121 cm³/mol. The Morgan fingerprint density at radius 2 is 2.13 bits per heavy atom. The summed E-state index contributed by atoms with van der Waals surface area (Å²) in [7, 11) is 0. The van der Waals surface area contributed by atoms with Gasteiger partial charge in [-0.05, 0) is 54.5 Å². The Balaban J connectivity index is 1.43. The number of rotatable bonds is 3. The predicted octanol–water partition coefficient (Wildman–Crippen LogP) is 1.92. The second-order valence-corrected chi connectivity index (χ2v) is 9.39. The second kappa shape index (κ2) is 7.66. The molecule has 158 valence electrons. The fourth-order valence-corrected chi connectivity index (χ4v) is 5.48. The van der Waals surface area contributed by atoms with Crippen LogP contribution >= 0.6 is 22.6 Å². The molecule has 2 fully saturated rings. The quantitative estimate of drug-likeness (QED) is 0.353. The summed E-state index contributed by atoms with van der Waals surface area (Å²) in [4.78, 5) is 11.9. The first-order valence-electron chi connectivity index (χ1n) is 10.1. The number of benzene rings is 1. The van der Waals surface area contributed by atoms with E-state index in [9.17, 15) is 5.11 Å². The maximum atomic E-state index is 10.0. The molecule has 2 atom stereocenters. The molecule has 1 spiro atoms. The SMILES string of the molecule is Cc1nc(N2CCC3(CC2)CO[C@@H](I)[C@H]3N)c(CO)nc1-c1ccc2nn[nH]c2c1. The minimum atomic E-state index is -0.163. The van der Waals surface area contributed by atoms with Crippen LogP contribution in [0, 0.1) is 12.3 Å². The molecule has 0 unspecified atom stereocenters. The van der Waals surface area contributed by atoms with E-state index in [-0.39, 0.29) is 22.2 Å². The van der Waals surface area contributed by atoms with Crippen molar-refractivity contribution in [1.29, 1.82) is 0 Å². The molecule has 10 heteroatoms. The molecule has 2 aromatic heterocycles. The summed E-state index contributed by atoms with van der Waals surface area (Å²) in [5.41, 5.74) is 11.2. The lowest BCUT2D eigenvalue weighted by Crippen LogP contribution is -2.50. The Morgan fingerprint density at radius 1 is 1.33 bits per heavy atom. The normalized spacial score (nSPS) is 23.5. The maximum Gasteiger partial charge on any atom is 0.153 e. The third-order valence-corrected chi connectivity index (χ3v) is 7.58. The third-order valence-electron chi connectivity index (χ3n) is 6.45. The van der Waals surface area contributed by atoms with Crippen LogP contribution in [-0.2, 0) is 11.3 Å². The lowest BCUT2D eigenvalue weighted by Gasteiger charge is -2.41. The molecular formula is C20H24IN7O2. The summed E-state index contributed by atoms with van der Waals surface area (Å²) in [5.74, 6) is 0.761. The highest BCUT2D eigenvalue weighted by molar-refractivity contribution is 14.1. The molecule has 0 amide bonds. The number of nitrogens with one attached hydrogen (secondary N) is 1. The van der Waals surface area contributed by atoms with Gasteiger partial charge in [-0.3, -0.25) is 5.10 Å². The lowest BCUT2D eigenvalue weighted by atomic mass is 9.75. The van der Waals surface area contributed by atoms with E-state index in [1.807, 2.05) is 25.1 Å². The molecule has 30 heavy (non-hydrogen) atoms. The van der Waals surface area contributed by atoms with Crippen molar-refractivity contribution in [2.75, 3.05) is 24.6 Å². The summed E-state index contributed by atoms with van der Waals surface area (Å²) in [6, 6.07) is 5.87. The van der Waals surface area contributed by atoms with Gasteiger partial charge in [0.15, 0.2) is 5.82 Å². The van der Waals surface area contributed by atoms with Gasteiger partial charge in [-0.25, -0.2) is 9.97 Å². The number of ether oxygens (including phenoxy) is 1. The second-order valence-electron chi connectivity index (χ2n) is 8.17. The Bertz CT molecular complexity index is 1080. The molecule has 4 heterocycles.